The topological polar surface area (TPSA) is 111 Å². The Morgan fingerprint density at radius 2 is 1.84 bits per heavy atom. The Morgan fingerprint density at radius 1 is 1.16 bits per heavy atom. The number of hydrogen-bond donors (Lipinski definition) is 2. The molecule has 0 fully saturated rings. The molecular weight excluding hydrogens is 402 g/mol. The first-order valence-corrected chi connectivity index (χ1v) is 10.1. The van der Waals surface area contributed by atoms with Gasteiger partial charge in [0.05, 0.1) is 19.3 Å². The molecule has 3 rings (SSSR count). The predicted octanol–water partition coefficient (Wildman–Crippen LogP) is 2.19. The van der Waals surface area contributed by atoms with Gasteiger partial charge in [-0.1, -0.05) is 19.1 Å². The van der Waals surface area contributed by atoms with E-state index >= 15 is 0 Å². The molecule has 0 radical (unpaired) electrons. The van der Waals surface area contributed by atoms with Crippen LogP contribution in [-0.2, 0) is 28.6 Å². The number of aromatic hydroxyl groups is 1. The Balaban J connectivity index is 2.11. The van der Waals surface area contributed by atoms with Gasteiger partial charge in [0.15, 0.2) is 5.78 Å². The highest BCUT2D eigenvalue weighted by molar-refractivity contribution is 6.12. The van der Waals surface area contributed by atoms with Crippen LogP contribution in [0.4, 0.5) is 0 Å². The monoisotopic (exact) mass is 429 g/mol. The Kier molecular flexibility index (Phi) is 6.80. The fraction of sp³-hybridized carbons (Fsp3) is 0.435. The maximum absolute atomic E-state index is 13.5. The second kappa shape index (κ2) is 9.34. The van der Waals surface area contributed by atoms with Gasteiger partial charge in [0, 0.05) is 30.0 Å². The lowest BCUT2D eigenvalue weighted by Crippen LogP contribution is -2.43. The molecule has 0 spiro atoms. The van der Waals surface area contributed by atoms with E-state index in [2.05, 4.69) is 5.32 Å². The quantitative estimate of drug-likeness (QED) is 0.402. The van der Waals surface area contributed by atoms with Gasteiger partial charge in [-0.3, -0.25) is 9.59 Å². The zero-order chi connectivity index (χ0) is 22.7. The zero-order valence-electron chi connectivity index (χ0n) is 18.1. The number of phenolic OH excluding ortho intramolecular Hbond substituents is 1. The van der Waals surface area contributed by atoms with E-state index in [9.17, 15) is 19.5 Å². The summed E-state index contributed by atoms with van der Waals surface area (Å²) in [6.07, 6.45) is 0.457. The highest BCUT2D eigenvalue weighted by Gasteiger charge is 2.47. The number of nitrogens with one attached hydrogen (secondary N) is 1. The van der Waals surface area contributed by atoms with Gasteiger partial charge in [-0.05, 0) is 37.0 Å². The molecule has 1 aliphatic heterocycles. The molecule has 31 heavy (non-hydrogen) atoms. The third-order valence-corrected chi connectivity index (χ3v) is 5.71. The van der Waals surface area contributed by atoms with E-state index in [1.807, 2.05) is 6.92 Å². The van der Waals surface area contributed by atoms with Crippen LogP contribution in [0.5, 0.6) is 5.75 Å². The molecule has 0 bridgehead atoms. The first kappa shape index (κ1) is 22.6. The molecular formula is C23H27NO7. The van der Waals surface area contributed by atoms with Crippen molar-refractivity contribution >= 4 is 17.7 Å². The van der Waals surface area contributed by atoms with Gasteiger partial charge < -0.3 is 24.6 Å². The van der Waals surface area contributed by atoms with Gasteiger partial charge in [0.1, 0.15) is 18.3 Å². The summed E-state index contributed by atoms with van der Waals surface area (Å²) >= 11 is 0. The minimum Gasteiger partial charge on any atom is -0.508 e. The number of allylic oxidation sites excluding steroid dienone is 3. The first-order chi connectivity index (χ1) is 14.8. The van der Waals surface area contributed by atoms with E-state index in [4.69, 9.17) is 14.2 Å². The van der Waals surface area contributed by atoms with Crippen molar-refractivity contribution in [2.24, 2.45) is 11.8 Å². The van der Waals surface area contributed by atoms with Crippen LogP contribution in [0.25, 0.3) is 0 Å². The summed E-state index contributed by atoms with van der Waals surface area (Å²) in [6.45, 7) is 3.89. The molecule has 2 aliphatic rings. The summed E-state index contributed by atoms with van der Waals surface area (Å²) in [6, 6.07) is 6.30. The van der Waals surface area contributed by atoms with Crippen LogP contribution >= 0.6 is 0 Å². The predicted molar refractivity (Wildman–Crippen MR) is 111 cm³/mol. The number of carbonyl (C=O) groups is 3. The average molecular weight is 429 g/mol. The lowest BCUT2D eigenvalue weighted by molar-refractivity contribution is -0.151. The maximum atomic E-state index is 13.5. The van der Waals surface area contributed by atoms with Crippen molar-refractivity contribution in [3.63, 3.8) is 0 Å². The van der Waals surface area contributed by atoms with Crippen molar-refractivity contribution in [3.05, 3.63) is 52.4 Å². The Labute approximate surface area is 180 Å². The zero-order valence-corrected chi connectivity index (χ0v) is 18.1. The number of ketones is 1. The highest BCUT2D eigenvalue weighted by atomic mass is 16.6. The van der Waals surface area contributed by atoms with Crippen LogP contribution in [0.2, 0.25) is 0 Å². The van der Waals surface area contributed by atoms with Gasteiger partial charge in [-0.15, -0.1) is 0 Å². The number of benzene rings is 1. The molecule has 1 aromatic rings. The second-order valence-electron chi connectivity index (χ2n) is 7.76. The SMILES string of the molecule is COCCOC(=O)C1=C(C)NC2=C(C(=O)C(C(=O)OC)C(C)C2)C1c1ccc(O)cc1. The van der Waals surface area contributed by atoms with Crippen LogP contribution in [0.3, 0.4) is 0 Å². The summed E-state index contributed by atoms with van der Waals surface area (Å²) in [4.78, 5) is 38.9. The molecule has 0 aromatic heterocycles. The smallest absolute Gasteiger partial charge is 0.336 e. The number of hydrogen-bond acceptors (Lipinski definition) is 8. The summed E-state index contributed by atoms with van der Waals surface area (Å²) in [7, 11) is 2.76. The normalized spacial score (nSPS) is 23.2. The first-order valence-electron chi connectivity index (χ1n) is 10.1. The summed E-state index contributed by atoms with van der Waals surface area (Å²) < 4.78 is 15.2. The molecule has 166 valence electrons. The number of rotatable bonds is 6. The van der Waals surface area contributed by atoms with Gasteiger partial charge in [-0.25, -0.2) is 4.79 Å². The minimum atomic E-state index is -0.950. The van der Waals surface area contributed by atoms with Crippen molar-refractivity contribution in [3.8, 4) is 5.75 Å². The third-order valence-electron chi connectivity index (χ3n) is 5.71. The highest BCUT2D eigenvalue weighted by Crippen LogP contribution is 2.45. The molecule has 3 atom stereocenters. The van der Waals surface area contributed by atoms with Crippen LogP contribution in [0.15, 0.2) is 46.8 Å². The lowest BCUT2D eigenvalue weighted by Gasteiger charge is -2.38. The molecule has 0 amide bonds. The van der Waals surface area contributed by atoms with Crippen molar-refractivity contribution in [2.75, 3.05) is 27.4 Å². The van der Waals surface area contributed by atoms with Gasteiger partial charge in [0.25, 0.3) is 0 Å². The van der Waals surface area contributed by atoms with E-state index in [1.165, 1.54) is 26.4 Å². The van der Waals surface area contributed by atoms with Crippen molar-refractivity contribution in [1.29, 1.82) is 0 Å². The fourth-order valence-electron chi connectivity index (χ4n) is 4.25. The third kappa shape index (κ3) is 4.34. The Bertz CT molecular complexity index is 945. The minimum absolute atomic E-state index is 0.0628. The van der Waals surface area contributed by atoms with E-state index in [0.29, 0.717) is 29.0 Å². The number of ether oxygens (including phenoxy) is 3. The molecule has 1 aliphatic carbocycles. The average Bonchev–Trinajstić information content (AvgIpc) is 2.73. The van der Waals surface area contributed by atoms with Crippen LogP contribution in [-0.4, -0.2) is 50.3 Å². The number of dihydropyridines is 1. The number of esters is 2. The Morgan fingerprint density at radius 3 is 2.45 bits per heavy atom. The molecule has 1 aromatic carbocycles. The molecule has 8 nitrogen and oxygen atoms in total. The number of carbonyl (C=O) groups excluding carboxylic acids is 3. The molecule has 0 saturated heterocycles. The van der Waals surface area contributed by atoms with Crippen molar-refractivity contribution in [1.82, 2.24) is 5.32 Å². The van der Waals surface area contributed by atoms with Gasteiger partial charge >= 0.3 is 11.9 Å². The molecule has 2 N–H and O–H groups in total. The van der Waals surface area contributed by atoms with Crippen LogP contribution in [0.1, 0.15) is 31.7 Å². The number of Topliss-reactive ketones (excluding diaryl/α,β-unsaturated/α-hetero) is 1. The second-order valence-corrected chi connectivity index (χ2v) is 7.76. The van der Waals surface area contributed by atoms with Gasteiger partial charge in [-0.2, -0.15) is 0 Å². The molecule has 3 unspecified atom stereocenters. The van der Waals surface area contributed by atoms with E-state index in [-0.39, 0.29) is 36.2 Å². The van der Waals surface area contributed by atoms with Crippen LogP contribution in [0, 0.1) is 11.8 Å². The van der Waals surface area contributed by atoms with Crippen molar-refractivity contribution < 1.29 is 33.7 Å². The summed E-state index contributed by atoms with van der Waals surface area (Å²) in [5.74, 6) is -3.42. The van der Waals surface area contributed by atoms with E-state index < -0.39 is 23.8 Å². The Hall–Kier alpha value is -3.13. The number of methoxy groups -OCH3 is 2. The molecule has 8 heteroatoms. The maximum Gasteiger partial charge on any atom is 0.336 e. The van der Waals surface area contributed by atoms with Crippen molar-refractivity contribution in [2.45, 2.75) is 26.2 Å². The largest absolute Gasteiger partial charge is 0.508 e. The molecule has 0 saturated carbocycles. The summed E-state index contributed by atoms with van der Waals surface area (Å²) in [5.41, 5.74) is 2.53. The fourth-order valence-corrected chi connectivity index (χ4v) is 4.25. The standard InChI is InChI=1S/C23H27NO7/c1-12-11-16-20(21(26)17(12)22(27)30-4)19(14-5-7-15(25)8-6-14)18(13(2)24-16)23(28)31-10-9-29-3/h5-8,12,17,19,24-25H,9-11H2,1-4H3. The lowest BCUT2D eigenvalue weighted by atomic mass is 9.69. The number of phenols is 1. The van der Waals surface area contributed by atoms with Gasteiger partial charge in [0.2, 0.25) is 0 Å². The summed E-state index contributed by atoms with van der Waals surface area (Å²) in [5, 5.41) is 12.9. The molecule has 1 heterocycles. The van der Waals surface area contributed by atoms with E-state index in [0.717, 1.165) is 0 Å². The van der Waals surface area contributed by atoms with Crippen LogP contribution < -0.4 is 5.32 Å². The van der Waals surface area contributed by atoms with E-state index in [1.54, 1.807) is 19.1 Å².